The van der Waals surface area contributed by atoms with Crippen molar-refractivity contribution >= 4 is 29.2 Å². The Bertz CT molecular complexity index is 801. The largest absolute Gasteiger partial charge is 0.465 e. The number of para-hydroxylation sites is 2. The highest BCUT2D eigenvalue weighted by Crippen LogP contribution is 2.18. The summed E-state index contributed by atoms with van der Waals surface area (Å²) in [4.78, 5) is 16.4. The quantitative estimate of drug-likeness (QED) is 0.677. The van der Waals surface area contributed by atoms with E-state index in [1.54, 1.807) is 13.2 Å². The molecule has 0 bridgehead atoms. The lowest BCUT2D eigenvalue weighted by Gasteiger charge is -2.06. The highest BCUT2D eigenvalue weighted by Gasteiger charge is 2.12. The van der Waals surface area contributed by atoms with Gasteiger partial charge >= 0.3 is 5.97 Å². The van der Waals surface area contributed by atoms with E-state index >= 15 is 0 Å². The SMILES string of the molecule is CCOC(=O)Cn1c(/C=C/c2ccco2)nc2ccccc21. The summed E-state index contributed by atoms with van der Waals surface area (Å²) in [6.45, 7) is 2.29. The third kappa shape index (κ3) is 2.93. The average molecular weight is 296 g/mol. The minimum absolute atomic E-state index is 0.131. The number of rotatable bonds is 5. The Morgan fingerprint density at radius 1 is 1.27 bits per heavy atom. The summed E-state index contributed by atoms with van der Waals surface area (Å²) in [5.41, 5.74) is 1.74. The molecule has 2 aromatic heterocycles. The molecule has 0 saturated carbocycles. The number of hydrogen-bond donors (Lipinski definition) is 0. The lowest BCUT2D eigenvalue weighted by Crippen LogP contribution is -2.14. The number of furan rings is 1. The van der Waals surface area contributed by atoms with Crippen LogP contribution in [0.3, 0.4) is 0 Å². The predicted octanol–water partition coefficient (Wildman–Crippen LogP) is 3.36. The zero-order valence-corrected chi connectivity index (χ0v) is 12.2. The maximum absolute atomic E-state index is 11.8. The number of imidazole rings is 1. The Morgan fingerprint density at radius 2 is 2.14 bits per heavy atom. The number of carbonyl (C=O) groups is 1. The van der Waals surface area contributed by atoms with Gasteiger partial charge in [0, 0.05) is 0 Å². The molecular weight excluding hydrogens is 280 g/mol. The molecule has 0 radical (unpaired) electrons. The van der Waals surface area contributed by atoms with Gasteiger partial charge in [0.25, 0.3) is 0 Å². The average Bonchev–Trinajstić information content (AvgIpc) is 3.14. The molecule has 0 atom stereocenters. The van der Waals surface area contributed by atoms with Gasteiger partial charge < -0.3 is 13.7 Å². The van der Waals surface area contributed by atoms with E-state index in [0.29, 0.717) is 12.4 Å². The van der Waals surface area contributed by atoms with E-state index in [4.69, 9.17) is 9.15 Å². The maximum Gasteiger partial charge on any atom is 0.326 e. The van der Waals surface area contributed by atoms with E-state index in [1.807, 2.05) is 53.1 Å². The van der Waals surface area contributed by atoms with Gasteiger partial charge in [-0.3, -0.25) is 4.79 Å². The number of aromatic nitrogens is 2. The van der Waals surface area contributed by atoms with Crippen molar-refractivity contribution in [2.24, 2.45) is 0 Å². The number of carbonyl (C=O) groups excluding carboxylic acids is 1. The van der Waals surface area contributed by atoms with Crippen molar-refractivity contribution in [2.45, 2.75) is 13.5 Å². The van der Waals surface area contributed by atoms with Gasteiger partial charge in [0.15, 0.2) is 0 Å². The fourth-order valence-corrected chi connectivity index (χ4v) is 2.27. The third-order valence-corrected chi connectivity index (χ3v) is 3.22. The topological polar surface area (TPSA) is 57.3 Å². The van der Waals surface area contributed by atoms with Gasteiger partial charge in [-0.2, -0.15) is 0 Å². The van der Waals surface area contributed by atoms with Crippen LogP contribution >= 0.6 is 0 Å². The van der Waals surface area contributed by atoms with Gasteiger partial charge in [0.05, 0.1) is 23.9 Å². The second kappa shape index (κ2) is 6.30. The van der Waals surface area contributed by atoms with Gasteiger partial charge in [-0.1, -0.05) is 12.1 Å². The van der Waals surface area contributed by atoms with Crippen LogP contribution in [0.2, 0.25) is 0 Å². The minimum Gasteiger partial charge on any atom is -0.465 e. The minimum atomic E-state index is -0.279. The van der Waals surface area contributed by atoms with E-state index in [1.165, 1.54) is 0 Å². The zero-order chi connectivity index (χ0) is 15.4. The smallest absolute Gasteiger partial charge is 0.326 e. The molecule has 3 rings (SSSR count). The van der Waals surface area contributed by atoms with Crippen LogP contribution in [0.4, 0.5) is 0 Å². The van der Waals surface area contributed by atoms with Crippen molar-refractivity contribution in [3.05, 3.63) is 54.2 Å². The fraction of sp³-hybridized carbons (Fsp3) is 0.176. The highest BCUT2D eigenvalue weighted by molar-refractivity contribution is 5.82. The van der Waals surface area contributed by atoms with Crippen molar-refractivity contribution in [2.75, 3.05) is 6.61 Å². The van der Waals surface area contributed by atoms with E-state index in [0.717, 1.165) is 16.8 Å². The molecule has 0 aliphatic heterocycles. The lowest BCUT2D eigenvalue weighted by molar-refractivity contribution is -0.143. The number of fused-ring (bicyclic) bond motifs is 1. The number of hydrogen-bond acceptors (Lipinski definition) is 4. The van der Waals surface area contributed by atoms with Gasteiger partial charge in [-0.15, -0.1) is 0 Å². The standard InChI is InChI=1S/C17H16N2O3/c1-2-21-17(20)12-19-15-8-4-3-7-14(15)18-16(19)10-9-13-6-5-11-22-13/h3-11H,2,12H2,1H3/b10-9+. The highest BCUT2D eigenvalue weighted by atomic mass is 16.5. The Kier molecular flexibility index (Phi) is 4.05. The first-order chi connectivity index (χ1) is 10.8. The maximum atomic E-state index is 11.8. The molecule has 0 spiro atoms. The molecule has 112 valence electrons. The first-order valence-electron chi connectivity index (χ1n) is 7.10. The van der Waals surface area contributed by atoms with Crippen LogP contribution in [0.25, 0.3) is 23.2 Å². The van der Waals surface area contributed by atoms with Crippen molar-refractivity contribution in [3.63, 3.8) is 0 Å². The first kappa shape index (κ1) is 14.1. The molecule has 0 fully saturated rings. The Labute approximate surface area is 127 Å². The van der Waals surface area contributed by atoms with Crippen molar-refractivity contribution in [3.8, 4) is 0 Å². The van der Waals surface area contributed by atoms with Crippen LogP contribution < -0.4 is 0 Å². The summed E-state index contributed by atoms with van der Waals surface area (Å²) >= 11 is 0. The van der Waals surface area contributed by atoms with Crippen LogP contribution in [0, 0.1) is 0 Å². The molecule has 0 amide bonds. The molecule has 22 heavy (non-hydrogen) atoms. The summed E-state index contributed by atoms with van der Waals surface area (Å²) in [7, 11) is 0. The monoisotopic (exact) mass is 296 g/mol. The summed E-state index contributed by atoms with van der Waals surface area (Å²) in [6, 6.07) is 11.4. The number of esters is 1. The fourth-order valence-electron chi connectivity index (χ4n) is 2.27. The molecule has 0 N–H and O–H groups in total. The first-order valence-corrected chi connectivity index (χ1v) is 7.10. The molecule has 1 aromatic carbocycles. The molecule has 0 unspecified atom stereocenters. The molecule has 5 nitrogen and oxygen atoms in total. The molecule has 3 aromatic rings. The zero-order valence-electron chi connectivity index (χ0n) is 12.2. The van der Waals surface area contributed by atoms with Crippen LogP contribution in [0.15, 0.2) is 47.1 Å². The van der Waals surface area contributed by atoms with Crippen molar-refractivity contribution in [1.29, 1.82) is 0 Å². The summed E-state index contributed by atoms with van der Waals surface area (Å²) in [5.74, 6) is 1.14. The third-order valence-electron chi connectivity index (χ3n) is 3.22. The van der Waals surface area contributed by atoms with Crippen LogP contribution in [0.1, 0.15) is 18.5 Å². The van der Waals surface area contributed by atoms with E-state index < -0.39 is 0 Å². The second-order valence-electron chi connectivity index (χ2n) is 4.70. The number of ether oxygens (including phenoxy) is 1. The number of benzene rings is 1. The van der Waals surface area contributed by atoms with E-state index in [2.05, 4.69) is 4.98 Å². The van der Waals surface area contributed by atoms with Crippen LogP contribution in [-0.4, -0.2) is 22.1 Å². The molecule has 0 aliphatic rings. The van der Waals surface area contributed by atoms with Gasteiger partial charge in [-0.05, 0) is 43.3 Å². The lowest BCUT2D eigenvalue weighted by atomic mass is 10.3. The molecule has 0 saturated heterocycles. The van der Waals surface area contributed by atoms with Crippen molar-refractivity contribution in [1.82, 2.24) is 9.55 Å². The predicted molar refractivity (Wildman–Crippen MR) is 84.0 cm³/mol. The molecule has 2 heterocycles. The summed E-state index contributed by atoms with van der Waals surface area (Å²) in [6.07, 6.45) is 5.27. The van der Waals surface area contributed by atoms with Gasteiger partial charge in [-0.25, -0.2) is 4.98 Å². The van der Waals surface area contributed by atoms with Crippen molar-refractivity contribution < 1.29 is 13.9 Å². The molecular formula is C17H16N2O3. The van der Waals surface area contributed by atoms with Gasteiger partial charge in [0.1, 0.15) is 18.1 Å². The van der Waals surface area contributed by atoms with Gasteiger partial charge in [0.2, 0.25) is 0 Å². The summed E-state index contributed by atoms with van der Waals surface area (Å²) < 4.78 is 12.2. The normalized spacial score (nSPS) is 11.3. The van der Waals surface area contributed by atoms with Crippen LogP contribution in [-0.2, 0) is 16.1 Å². The Morgan fingerprint density at radius 3 is 2.91 bits per heavy atom. The molecule has 5 heteroatoms. The Hall–Kier alpha value is -2.82. The number of nitrogens with zero attached hydrogens (tertiary/aromatic N) is 2. The summed E-state index contributed by atoms with van der Waals surface area (Å²) in [5, 5.41) is 0. The van der Waals surface area contributed by atoms with E-state index in [9.17, 15) is 4.79 Å². The van der Waals surface area contributed by atoms with E-state index in [-0.39, 0.29) is 12.5 Å². The molecule has 0 aliphatic carbocycles. The Balaban J connectivity index is 1.98. The second-order valence-corrected chi connectivity index (χ2v) is 4.70. The van der Waals surface area contributed by atoms with Crippen LogP contribution in [0.5, 0.6) is 0 Å².